The molecule has 4 heteroatoms. The number of benzene rings is 2. The third-order valence-electron chi connectivity index (χ3n) is 3.25. The standard InChI is InChI=1S/C16H14N2O2/c1-20-16(12-7-3-2-4-8-12)18-15(19)14-10-6-5-9-13(14)11-17-18/h2-11,16H,1H3. The fraction of sp³-hybridized carbons (Fsp3) is 0.125. The summed E-state index contributed by atoms with van der Waals surface area (Å²) >= 11 is 0. The summed E-state index contributed by atoms with van der Waals surface area (Å²) in [6.45, 7) is 0. The zero-order chi connectivity index (χ0) is 13.9. The SMILES string of the molecule is COC(c1ccccc1)n1ncc2ccccc2c1=O. The van der Waals surface area contributed by atoms with Crippen molar-refractivity contribution in [2.75, 3.05) is 7.11 Å². The van der Waals surface area contributed by atoms with E-state index in [9.17, 15) is 4.79 Å². The molecule has 2 aromatic carbocycles. The molecule has 0 aliphatic rings. The second kappa shape index (κ2) is 5.27. The van der Waals surface area contributed by atoms with Crippen LogP contribution in [0.1, 0.15) is 11.8 Å². The lowest BCUT2D eigenvalue weighted by atomic mass is 10.2. The summed E-state index contributed by atoms with van der Waals surface area (Å²) in [6, 6.07) is 17.0. The van der Waals surface area contributed by atoms with E-state index < -0.39 is 6.23 Å². The lowest BCUT2D eigenvalue weighted by molar-refractivity contribution is 0.0643. The van der Waals surface area contributed by atoms with Crippen molar-refractivity contribution in [2.45, 2.75) is 6.23 Å². The number of hydrogen-bond donors (Lipinski definition) is 0. The van der Waals surface area contributed by atoms with Gasteiger partial charge in [-0.25, -0.2) is 0 Å². The van der Waals surface area contributed by atoms with Gasteiger partial charge >= 0.3 is 0 Å². The molecule has 20 heavy (non-hydrogen) atoms. The van der Waals surface area contributed by atoms with E-state index in [0.717, 1.165) is 10.9 Å². The van der Waals surface area contributed by atoms with Gasteiger partial charge in [-0.05, 0) is 6.07 Å². The molecule has 4 nitrogen and oxygen atoms in total. The molecule has 1 atom stereocenters. The van der Waals surface area contributed by atoms with Crippen LogP contribution in [0.5, 0.6) is 0 Å². The van der Waals surface area contributed by atoms with Gasteiger partial charge in [-0.15, -0.1) is 0 Å². The van der Waals surface area contributed by atoms with Crippen LogP contribution in [-0.4, -0.2) is 16.9 Å². The first kappa shape index (κ1) is 12.6. The lowest BCUT2D eigenvalue weighted by Gasteiger charge is -2.17. The minimum atomic E-state index is -0.520. The van der Waals surface area contributed by atoms with Crippen molar-refractivity contribution < 1.29 is 4.74 Å². The summed E-state index contributed by atoms with van der Waals surface area (Å²) in [6.07, 6.45) is 1.17. The summed E-state index contributed by atoms with van der Waals surface area (Å²) in [7, 11) is 1.57. The Morgan fingerprint density at radius 3 is 2.50 bits per heavy atom. The van der Waals surface area contributed by atoms with E-state index in [4.69, 9.17) is 4.74 Å². The smallest absolute Gasteiger partial charge is 0.277 e. The fourth-order valence-corrected chi connectivity index (χ4v) is 2.27. The Kier molecular flexibility index (Phi) is 3.31. The first-order valence-electron chi connectivity index (χ1n) is 6.35. The van der Waals surface area contributed by atoms with E-state index >= 15 is 0 Å². The molecule has 100 valence electrons. The van der Waals surface area contributed by atoms with Gasteiger partial charge < -0.3 is 4.74 Å². The maximum atomic E-state index is 12.5. The third-order valence-corrected chi connectivity index (χ3v) is 3.25. The van der Waals surface area contributed by atoms with Crippen molar-refractivity contribution in [3.05, 3.63) is 76.7 Å². The van der Waals surface area contributed by atoms with Crippen molar-refractivity contribution in [1.29, 1.82) is 0 Å². The fourth-order valence-electron chi connectivity index (χ4n) is 2.27. The van der Waals surface area contributed by atoms with Crippen LogP contribution in [0, 0.1) is 0 Å². The number of aromatic nitrogens is 2. The first-order chi connectivity index (χ1) is 9.81. The molecular weight excluding hydrogens is 252 g/mol. The molecule has 0 amide bonds. The van der Waals surface area contributed by atoms with Crippen molar-refractivity contribution in [2.24, 2.45) is 0 Å². The van der Waals surface area contributed by atoms with Crippen LogP contribution in [0.3, 0.4) is 0 Å². The Balaban J connectivity index is 2.18. The molecular formula is C16H14N2O2. The Labute approximate surface area is 116 Å². The molecule has 3 aromatic rings. The highest BCUT2D eigenvalue weighted by Gasteiger charge is 2.16. The Morgan fingerprint density at radius 1 is 1.05 bits per heavy atom. The topological polar surface area (TPSA) is 44.1 Å². The van der Waals surface area contributed by atoms with Crippen molar-refractivity contribution in [3.8, 4) is 0 Å². The number of rotatable bonds is 3. The molecule has 1 aromatic heterocycles. The molecule has 0 spiro atoms. The van der Waals surface area contributed by atoms with E-state index in [1.54, 1.807) is 19.4 Å². The zero-order valence-electron chi connectivity index (χ0n) is 11.1. The van der Waals surface area contributed by atoms with Gasteiger partial charge in [0.05, 0.1) is 11.6 Å². The number of ether oxygens (including phenoxy) is 1. The Bertz CT molecular complexity index is 781. The van der Waals surface area contributed by atoms with Crippen molar-refractivity contribution >= 4 is 10.8 Å². The van der Waals surface area contributed by atoms with Crippen LogP contribution in [0.25, 0.3) is 10.8 Å². The van der Waals surface area contributed by atoms with Gasteiger partial charge in [0.2, 0.25) is 0 Å². The molecule has 0 aliphatic heterocycles. The van der Waals surface area contributed by atoms with Gasteiger partial charge in [0.25, 0.3) is 5.56 Å². The van der Waals surface area contributed by atoms with E-state index in [1.807, 2.05) is 48.5 Å². The monoisotopic (exact) mass is 266 g/mol. The predicted molar refractivity (Wildman–Crippen MR) is 77.6 cm³/mol. The highest BCUT2D eigenvalue weighted by molar-refractivity contribution is 5.80. The van der Waals surface area contributed by atoms with Crippen molar-refractivity contribution in [3.63, 3.8) is 0 Å². The molecule has 1 unspecified atom stereocenters. The minimum Gasteiger partial charge on any atom is -0.355 e. The molecule has 0 saturated carbocycles. The van der Waals surface area contributed by atoms with Crippen molar-refractivity contribution in [1.82, 2.24) is 9.78 Å². The number of nitrogens with zero attached hydrogens (tertiary/aromatic N) is 2. The second-order valence-electron chi connectivity index (χ2n) is 4.48. The summed E-state index contributed by atoms with van der Waals surface area (Å²) in [5.41, 5.74) is 0.735. The summed E-state index contributed by atoms with van der Waals surface area (Å²) in [4.78, 5) is 12.5. The van der Waals surface area contributed by atoms with E-state index in [0.29, 0.717) is 5.39 Å². The highest BCUT2D eigenvalue weighted by Crippen LogP contribution is 2.17. The van der Waals surface area contributed by atoms with E-state index in [1.165, 1.54) is 4.68 Å². The zero-order valence-corrected chi connectivity index (χ0v) is 11.1. The first-order valence-corrected chi connectivity index (χ1v) is 6.35. The average Bonchev–Trinajstić information content (AvgIpc) is 2.51. The Hall–Kier alpha value is -2.46. The summed E-state index contributed by atoms with van der Waals surface area (Å²) < 4.78 is 6.83. The number of fused-ring (bicyclic) bond motifs is 1. The maximum Gasteiger partial charge on any atom is 0.277 e. The average molecular weight is 266 g/mol. The normalized spacial score (nSPS) is 12.4. The maximum absolute atomic E-state index is 12.5. The molecule has 1 heterocycles. The molecule has 0 aliphatic carbocycles. The number of hydrogen-bond acceptors (Lipinski definition) is 3. The minimum absolute atomic E-state index is 0.154. The molecule has 0 bridgehead atoms. The van der Waals surface area contributed by atoms with Gasteiger partial charge in [-0.3, -0.25) is 4.79 Å². The number of methoxy groups -OCH3 is 1. The van der Waals surface area contributed by atoms with Gasteiger partial charge in [-0.1, -0.05) is 48.5 Å². The molecule has 0 N–H and O–H groups in total. The van der Waals surface area contributed by atoms with Crippen LogP contribution in [0.15, 0.2) is 65.6 Å². The summed E-state index contributed by atoms with van der Waals surface area (Å²) in [5.74, 6) is 0. The quantitative estimate of drug-likeness (QED) is 0.732. The van der Waals surface area contributed by atoms with Gasteiger partial charge in [-0.2, -0.15) is 9.78 Å². The highest BCUT2D eigenvalue weighted by atomic mass is 16.5. The predicted octanol–water partition coefficient (Wildman–Crippen LogP) is 2.59. The summed E-state index contributed by atoms with van der Waals surface area (Å²) in [5, 5.41) is 5.70. The van der Waals surface area contributed by atoms with E-state index in [-0.39, 0.29) is 5.56 Å². The van der Waals surface area contributed by atoms with Crippen LogP contribution < -0.4 is 5.56 Å². The molecule has 3 rings (SSSR count). The van der Waals surface area contributed by atoms with E-state index in [2.05, 4.69) is 5.10 Å². The Morgan fingerprint density at radius 2 is 1.75 bits per heavy atom. The molecule has 0 fully saturated rings. The van der Waals surface area contributed by atoms with Crippen LogP contribution in [-0.2, 0) is 4.74 Å². The second-order valence-corrected chi connectivity index (χ2v) is 4.48. The van der Waals surface area contributed by atoms with Gasteiger partial charge in [0, 0.05) is 18.1 Å². The lowest BCUT2D eigenvalue weighted by Crippen LogP contribution is -2.29. The van der Waals surface area contributed by atoms with Crippen LogP contribution in [0.4, 0.5) is 0 Å². The third kappa shape index (κ3) is 2.10. The molecule has 0 saturated heterocycles. The van der Waals surface area contributed by atoms with Gasteiger partial charge in [0.15, 0.2) is 6.23 Å². The largest absolute Gasteiger partial charge is 0.355 e. The molecule has 0 radical (unpaired) electrons. The van der Waals surface area contributed by atoms with Crippen LogP contribution in [0.2, 0.25) is 0 Å². The van der Waals surface area contributed by atoms with Crippen LogP contribution >= 0.6 is 0 Å². The van der Waals surface area contributed by atoms with Gasteiger partial charge in [0.1, 0.15) is 0 Å².